The average Bonchev–Trinajstić information content (AvgIpc) is 2.43. The Labute approximate surface area is 128 Å². The van der Waals surface area contributed by atoms with Gasteiger partial charge in [0.05, 0.1) is 7.11 Å². The van der Waals surface area contributed by atoms with Crippen LogP contribution in [0.15, 0.2) is 46.9 Å². The van der Waals surface area contributed by atoms with E-state index in [4.69, 9.17) is 10.5 Å². The highest BCUT2D eigenvalue weighted by Gasteiger charge is 2.06. The van der Waals surface area contributed by atoms with Crippen LogP contribution in [0.5, 0.6) is 5.75 Å². The van der Waals surface area contributed by atoms with E-state index in [9.17, 15) is 0 Å². The van der Waals surface area contributed by atoms with Gasteiger partial charge in [-0.05, 0) is 48.5 Å². The minimum absolute atomic E-state index is 0.790. The smallest absolute Gasteiger partial charge is 0.119 e. The predicted octanol–water partition coefficient (Wildman–Crippen LogP) is 3.67. The van der Waals surface area contributed by atoms with Gasteiger partial charge in [-0.1, -0.05) is 28.1 Å². The summed E-state index contributed by atoms with van der Waals surface area (Å²) >= 11 is 3.56. The minimum atomic E-state index is 0.790. The zero-order chi connectivity index (χ0) is 14.5. The molecule has 2 aromatic carbocycles. The summed E-state index contributed by atoms with van der Waals surface area (Å²) in [7, 11) is 3.78. The van der Waals surface area contributed by atoms with Gasteiger partial charge >= 0.3 is 0 Å². The van der Waals surface area contributed by atoms with Crippen LogP contribution in [0.25, 0.3) is 0 Å². The van der Waals surface area contributed by atoms with Crippen molar-refractivity contribution in [1.29, 1.82) is 0 Å². The molecule has 0 fully saturated rings. The van der Waals surface area contributed by atoms with Crippen molar-refractivity contribution in [3.8, 4) is 5.75 Å². The number of hydrogen-bond donors (Lipinski definition) is 1. The van der Waals surface area contributed by atoms with Crippen LogP contribution in [0.1, 0.15) is 11.1 Å². The van der Waals surface area contributed by atoms with E-state index in [0.717, 1.165) is 29.0 Å². The first-order valence-corrected chi connectivity index (χ1v) is 7.23. The summed E-state index contributed by atoms with van der Waals surface area (Å²) in [6, 6.07) is 14.0. The lowest BCUT2D eigenvalue weighted by molar-refractivity contribution is 0.317. The van der Waals surface area contributed by atoms with Crippen LogP contribution in [-0.4, -0.2) is 19.1 Å². The lowest BCUT2D eigenvalue weighted by Crippen LogP contribution is -2.17. The fraction of sp³-hybridized carbons (Fsp3) is 0.250. The van der Waals surface area contributed by atoms with Crippen molar-refractivity contribution < 1.29 is 4.74 Å². The van der Waals surface area contributed by atoms with E-state index < -0.39 is 0 Å². The van der Waals surface area contributed by atoms with E-state index in [1.807, 2.05) is 30.3 Å². The number of halogens is 1. The maximum atomic E-state index is 5.84. The van der Waals surface area contributed by atoms with Crippen molar-refractivity contribution in [2.45, 2.75) is 13.1 Å². The Morgan fingerprint density at radius 3 is 2.70 bits per heavy atom. The molecule has 0 amide bonds. The first-order chi connectivity index (χ1) is 9.58. The molecule has 2 aromatic rings. The van der Waals surface area contributed by atoms with Gasteiger partial charge in [0.25, 0.3) is 0 Å². The van der Waals surface area contributed by atoms with Crippen LogP contribution < -0.4 is 10.5 Å². The maximum absolute atomic E-state index is 5.84. The number of nitrogens with two attached hydrogens (primary N) is 1. The van der Waals surface area contributed by atoms with Crippen molar-refractivity contribution in [3.05, 3.63) is 58.1 Å². The fourth-order valence-corrected chi connectivity index (χ4v) is 2.52. The van der Waals surface area contributed by atoms with Crippen LogP contribution in [0, 0.1) is 0 Å². The molecule has 0 radical (unpaired) electrons. The summed E-state index contributed by atoms with van der Waals surface area (Å²) < 4.78 is 6.33. The second-order valence-electron chi connectivity index (χ2n) is 4.87. The van der Waals surface area contributed by atoms with Crippen LogP contribution in [0.4, 0.5) is 5.69 Å². The fourth-order valence-electron chi connectivity index (χ4n) is 2.15. The molecule has 0 aliphatic heterocycles. The maximum Gasteiger partial charge on any atom is 0.119 e. The molecule has 2 rings (SSSR count). The molecule has 0 bridgehead atoms. The summed E-state index contributed by atoms with van der Waals surface area (Å²) in [5.74, 6) is 0.890. The van der Waals surface area contributed by atoms with Crippen molar-refractivity contribution >= 4 is 21.6 Å². The first kappa shape index (κ1) is 14.9. The van der Waals surface area contributed by atoms with Crippen LogP contribution >= 0.6 is 15.9 Å². The summed E-state index contributed by atoms with van der Waals surface area (Å²) in [6.45, 7) is 1.70. The van der Waals surface area contributed by atoms with Crippen molar-refractivity contribution in [3.63, 3.8) is 0 Å². The van der Waals surface area contributed by atoms with E-state index in [1.165, 1.54) is 11.1 Å². The molecule has 0 heterocycles. The highest BCUT2D eigenvalue weighted by molar-refractivity contribution is 9.10. The number of methoxy groups -OCH3 is 1. The molecule has 0 saturated carbocycles. The normalized spacial score (nSPS) is 10.8. The third-order valence-electron chi connectivity index (χ3n) is 3.10. The highest BCUT2D eigenvalue weighted by Crippen LogP contribution is 2.22. The highest BCUT2D eigenvalue weighted by atomic mass is 79.9. The van der Waals surface area contributed by atoms with Crippen molar-refractivity contribution in [2.75, 3.05) is 19.9 Å². The molecule has 0 aromatic heterocycles. The number of ether oxygens (including phenoxy) is 1. The molecule has 106 valence electrons. The van der Waals surface area contributed by atoms with Gasteiger partial charge in [-0.2, -0.15) is 0 Å². The Balaban J connectivity index is 2.04. The number of hydrogen-bond acceptors (Lipinski definition) is 3. The minimum Gasteiger partial charge on any atom is -0.497 e. The zero-order valence-electron chi connectivity index (χ0n) is 11.8. The van der Waals surface area contributed by atoms with Gasteiger partial charge in [-0.3, -0.25) is 4.90 Å². The summed E-state index contributed by atoms with van der Waals surface area (Å²) in [5.41, 5.74) is 9.05. The van der Waals surface area contributed by atoms with Gasteiger partial charge in [0.15, 0.2) is 0 Å². The second kappa shape index (κ2) is 6.77. The van der Waals surface area contributed by atoms with Gasteiger partial charge in [0.2, 0.25) is 0 Å². The Morgan fingerprint density at radius 2 is 1.95 bits per heavy atom. The van der Waals surface area contributed by atoms with Crippen LogP contribution in [0.2, 0.25) is 0 Å². The van der Waals surface area contributed by atoms with Gasteiger partial charge in [0, 0.05) is 23.2 Å². The SMILES string of the molecule is COc1cccc(CN(C)Cc2cc(N)ccc2Br)c1. The zero-order valence-corrected chi connectivity index (χ0v) is 13.4. The Kier molecular flexibility index (Phi) is 5.04. The van der Waals surface area contributed by atoms with Crippen LogP contribution in [0.3, 0.4) is 0 Å². The quantitative estimate of drug-likeness (QED) is 0.848. The molecule has 0 aliphatic rings. The van der Waals surface area contributed by atoms with Crippen LogP contribution in [-0.2, 0) is 13.1 Å². The third-order valence-corrected chi connectivity index (χ3v) is 3.87. The molecule has 4 heteroatoms. The molecule has 0 unspecified atom stereocenters. The van der Waals surface area contributed by atoms with Crippen molar-refractivity contribution in [2.24, 2.45) is 0 Å². The van der Waals surface area contributed by atoms with E-state index in [-0.39, 0.29) is 0 Å². The predicted molar refractivity (Wildman–Crippen MR) is 86.7 cm³/mol. The number of nitrogen functional groups attached to an aromatic ring is 1. The lowest BCUT2D eigenvalue weighted by Gasteiger charge is -2.18. The molecular weight excluding hydrogens is 316 g/mol. The molecule has 0 aliphatic carbocycles. The second-order valence-corrected chi connectivity index (χ2v) is 5.73. The van der Waals surface area contributed by atoms with E-state index in [1.54, 1.807) is 7.11 Å². The topological polar surface area (TPSA) is 38.5 Å². The monoisotopic (exact) mass is 334 g/mol. The molecule has 20 heavy (non-hydrogen) atoms. The molecule has 0 spiro atoms. The number of rotatable bonds is 5. The summed E-state index contributed by atoms with van der Waals surface area (Å²) in [4.78, 5) is 2.24. The largest absolute Gasteiger partial charge is 0.497 e. The summed E-state index contributed by atoms with van der Waals surface area (Å²) in [5, 5.41) is 0. The van der Waals surface area contributed by atoms with E-state index in [2.05, 4.69) is 40.0 Å². The van der Waals surface area contributed by atoms with Gasteiger partial charge in [-0.15, -0.1) is 0 Å². The summed E-state index contributed by atoms with van der Waals surface area (Å²) in [6.07, 6.45) is 0. The van der Waals surface area contributed by atoms with Crippen molar-refractivity contribution in [1.82, 2.24) is 4.90 Å². The number of nitrogens with zero attached hydrogens (tertiary/aromatic N) is 1. The van der Waals surface area contributed by atoms with Gasteiger partial charge in [-0.25, -0.2) is 0 Å². The average molecular weight is 335 g/mol. The lowest BCUT2D eigenvalue weighted by atomic mass is 10.1. The first-order valence-electron chi connectivity index (χ1n) is 6.44. The molecule has 0 atom stereocenters. The molecule has 0 saturated heterocycles. The molecule has 3 nitrogen and oxygen atoms in total. The Morgan fingerprint density at radius 1 is 1.15 bits per heavy atom. The third kappa shape index (κ3) is 3.99. The molecule has 2 N–H and O–H groups in total. The van der Waals surface area contributed by atoms with Gasteiger partial charge in [0.1, 0.15) is 5.75 Å². The molecular formula is C16H19BrN2O. The standard InChI is InChI=1S/C16H19BrN2O/c1-19(10-12-4-3-5-15(8-12)20-2)11-13-9-14(18)6-7-16(13)17/h3-9H,10-11,18H2,1-2H3. The van der Waals surface area contributed by atoms with E-state index in [0.29, 0.717) is 0 Å². The van der Waals surface area contributed by atoms with E-state index >= 15 is 0 Å². The Bertz CT molecular complexity index is 586. The Hall–Kier alpha value is -1.52. The number of benzene rings is 2. The van der Waals surface area contributed by atoms with Gasteiger partial charge < -0.3 is 10.5 Å². The number of anilines is 1.